The highest BCUT2D eigenvalue weighted by molar-refractivity contribution is 8.36. The SMILES string of the molecule is Cc1cc(S2(c3ccc(O)c(C)c3)C=Cc3c2ccc2c3-c3c(ccc4ccsc34)C2)ccc1O. The number of phenols is 2. The van der Waals surface area contributed by atoms with Gasteiger partial charge >= 0.3 is 0 Å². The molecule has 172 valence electrons. The number of aryl methyl sites for hydroxylation is 2. The molecule has 4 heteroatoms. The largest absolute Gasteiger partial charge is 0.508 e. The maximum absolute atomic E-state index is 10.3. The maximum atomic E-state index is 10.3. The number of hydrogen-bond acceptors (Lipinski definition) is 3. The van der Waals surface area contributed by atoms with Gasteiger partial charge in [0.1, 0.15) is 11.5 Å². The third kappa shape index (κ3) is 2.78. The number of hydrogen-bond donors (Lipinski definition) is 2. The van der Waals surface area contributed by atoms with E-state index in [2.05, 4.69) is 71.5 Å². The summed E-state index contributed by atoms with van der Waals surface area (Å²) >= 11 is 1.83. The Hall–Kier alpha value is -3.47. The first-order valence-electron chi connectivity index (χ1n) is 11.7. The maximum Gasteiger partial charge on any atom is 0.118 e. The second-order valence-corrected chi connectivity index (χ2v) is 13.4. The molecule has 35 heavy (non-hydrogen) atoms. The zero-order valence-electron chi connectivity index (χ0n) is 19.5. The standard InChI is InChI=1S/C31H24O2S2/c1-18-15-23(6-8-26(18)32)35(24-7-9-27(33)19(2)16-24)14-12-25-28(35)10-5-21-17-22-4-3-20-11-13-34-31(20)30(22)29(21)25/h3-16,32-33H,17H2,1-2H3. The minimum atomic E-state index is -1.72. The first-order valence-corrected chi connectivity index (χ1v) is 14.3. The fourth-order valence-corrected chi connectivity index (χ4v) is 10.3. The molecule has 4 aromatic carbocycles. The van der Waals surface area contributed by atoms with Crippen LogP contribution in [0.5, 0.6) is 11.5 Å². The Bertz CT molecular complexity index is 1670. The number of benzene rings is 4. The molecule has 1 aliphatic carbocycles. The van der Waals surface area contributed by atoms with Crippen LogP contribution in [0, 0.1) is 13.8 Å². The molecule has 0 atom stereocenters. The molecule has 1 aliphatic heterocycles. The zero-order chi connectivity index (χ0) is 23.9. The fourth-order valence-electron chi connectivity index (χ4n) is 5.68. The van der Waals surface area contributed by atoms with Crippen LogP contribution in [0.15, 0.2) is 92.2 Å². The van der Waals surface area contributed by atoms with Crippen molar-refractivity contribution in [2.24, 2.45) is 0 Å². The summed E-state index contributed by atoms with van der Waals surface area (Å²) in [5.41, 5.74) is 8.63. The summed E-state index contributed by atoms with van der Waals surface area (Å²) in [6.45, 7) is 3.92. The van der Waals surface area contributed by atoms with Gasteiger partial charge in [0.05, 0.1) is 0 Å². The van der Waals surface area contributed by atoms with Crippen molar-refractivity contribution < 1.29 is 10.2 Å². The molecular weight excluding hydrogens is 468 g/mol. The summed E-state index contributed by atoms with van der Waals surface area (Å²) in [6.07, 6.45) is 3.30. The van der Waals surface area contributed by atoms with Gasteiger partial charge in [0, 0.05) is 24.9 Å². The van der Waals surface area contributed by atoms with Gasteiger partial charge in [-0.15, -0.1) is 21.4 Å². The molecule has 0 saturated carbocycles. The smallest absolute Gasteiger partial charge is 0.118 e. The van der Waals surface area contributed by atoms with Gasteiger partial charge in [-0.05, 0) is 124 Å². The lowest BCUT2D eigenvalue weighted by molar-refractivity contribution is 0.470. The summed E-state index contributed by atoms with van der Waals surface area (Å²) in [5, 5.41) is 26.5. The van der Waals surface area contributed by atoms with E-state index in [0.29, 0.717) is 11.5 Å². The molecule has 0 saturated heterocycles. The minimum Gasteiger partial charge on any atom is -0.508 e. The molecule has 2 aliphatic rings. The molecule has 0 fully saturated rings. The van der Waals surface area contributed by atoms with E-state index in [1.807, 2.05) is 37.3 Å². The van der Waals surface area contributed by atoms with Crippen LogP contribution in [0.2, 0.25) is 0 Å². The van der Waals surface area contributed by atoms with Crippen molar-refractivity contribution in [1.82, 2.24) is 0 Å². The third-order valence-electron chi connectivity index (χ3n) is 7.50. The van der Waals surface area contributed by atoms with Crippen LogP contribution in [0.25, 0.3) is 27.3 Å². The molecule has 0 spiro atoms. The molecule has 0 amide bonds. The average Bonchev–Trinajstić information content (AvgIpc) is 3.57. The predicted octanol–water partition coefficient (Wildman–Crippen LogP) is 8.77. The van der Waals surface area contributed by atoms with Gasteiger partial charge in [0.2, 0.25) is 0 Å². The van der Waals surface area contributed by atoms with E-state index in [-0.39, 0.29) is 0 Å². The molecule has 5 aromatic rings. The average molecular weight is 493 g/mol. The van der Waals surface area contributed by atoms with Gasteiger partial charge in [0.15, 0.2) is 0 Å². The van der Waals surface area contributed by atoms with Gasteiger partial charge < -0.3 is 10.2 Å². The molecule has 0 bridgehead atoms. The van der Waals surface area contributed by atoms with Crippen molar-refractivity contribution in [3.63, 3.8) is 0 Å². The lowest BCUT2D eigenvalue weighted by atomic mass is 9.98. The molecule has 1 aromatic heterocycles. The van der Waals surface area contributed by atoms with E-state index in [4.69, 9.17) is 0 Å². The molecule has 0 unspecified atom stereocenters. The Morgan fingerprint density at radius 3 is 2.09 bits per heavy atom. The first-order chi connectivity index (χ1) is 17.0. The highest BCUT2D eigenvalue weighted by atomic mass is 32.3. The number of aromatic hydroxyl groups is 2. The van der Waals surface area contributed by atoms with E-state index in [1.165, 1.54) is 52.6 Å². The van der Waals surface area contributed by atoms with Crippen LogP contribution in [0.3, 0.4) is 0 Å². The van der Waals surface area contributed by atoms with Crippen molar-refractivity contribution in [2.75, 3.05) is 0 Å². The summed E-state index contributed by atoms with van der Waals surface area (Å²) in [4.78, 5) is 3.72. The van der Waals surface area contributed by atoms with Gasteiger partial charge in [-0.25, -0.2) is 0 Å². The van der Waals surface area contributed by atoms with E-state index in [0.717, 1.165) is 17.5 Å². The van der Waals surface area contributed by atoms with Crippen LogP contribution in [-0.4, -0.2) is 10.2 Å². The second-order valence-electron chi connectivity index (χ2n) is 9.49. The van der Waals surface area contributed by atoms with Crippen molar-refractivity contribution in [1.29, 1.82) is 0 Å². The summed E-state index contributed by atoms with van der Waals surface area (Å²) in [6, 6.07) is 23.4. The molecule has 0 radical (unpaired) electrons. The minimum absolute atomic E-state index is 0.315. The van der Waals surface area contributed by atoms with Crippen LogP contribution in [0.1, 0.15) is 27.8 Å². The summed E-state index contributed by atoms with van der Waals surface area (Å²) in [5.74, 6) is 0.630. The predicted molar refractivity (Wildman–Crippen MR) is 147 cm³/mol. The zero-order valence-corrected chi connectivity index (χ0v) is 21.1. The molecule has 2 N–H and O–H groups in total. The first kappa shape index (κ1) is 20.9. The molecule has 2 heterocycles. The third-order valence-corrected chi connectivity index (χ3v) is 12.0. The van der Waals surface area contributed by atoms with Crippen molar-refractivity contribution in [2.45, 2.75) is 35.0 Å². The molecular formula is C31H24O2S2. The van der Waals surface area contributed by atoms with Gasteiger partial charge in [-0.3, -0.25) is 0 Å². The Morgan fingerprint density at radius 2 is 1.40 bits per heavy atom. The summed E-state index contributed by atoms with van der Waals surface area (Å²) < 4.78 is 1.37. The lowest BCUT2D eigenvalue weighted by Crippen LogP contribution is -2.01. The van der Waals surface area contributed by atoms with Crippen LogP contribution in [-0.2, 0) is 6.42 Å². The number of rotatable bonds is 2. The number of thiophene rings is 1. The van der Waals surface area contributed by atoms with Gasteiger partial charge in [-0.1, -0.05) is 18.2 Å². The van der Waals surface area contributed by atoms with E-state index >= 15 is 0 Å². The van der Waals surface area contributed by atoms with Crippen LogP contribution in [0.4, 0.5) is 0 Å². The number of fused-ring (bicyclic) bond motifs is 7. The Kier molecular flexibility index (Phi) is 4.33. The quantitative estimate of drug-likeness (QED) is 0.254. The van der Waals surface area contributed by atoms with Crippen molar-refractivity contribution in [3.05, 3.63) is 105 Å². The Labute approximate surface area is 210 Å². The highest BCUT2D eigenvalue weighted by Crippen LogP contribution is 2.74. The van der Waals surface area contributed by atoms with Crippen LogP contribution >= 0.6 is 21.4 Å². The highest BCUT2D eigenvalue weighted by Gasteiger charge is 2.38. The normalized spacial score (nSPS) is 15.7. The number of phenolic OH excluding ortho intramolecular Hbond substituents is 2. The topological polar surface area (TPSA) is 40.5 Å². The van der Waals surface area contributed by atoms with E-state index in [9.17, 15) is 10.2 Å². The van der Waals surface area contributed by atoms with Crippen molar-refractivity contribution in [3.8, 4) is 22.6 Å². The Morgan fingerprint density at radius 1 is 0.743 bits per heavy atom. The monoisotopic (exact) mass is 492 g/mol. The Balaban J connectivity index is 1.55. The van der Waals surface area contributed by atoms with Crippen molar-refractivity contribution >= 4 is 37.5 Å². The molecule has 7 rings (SSSR count). The fraction of sp³-hybridized carbons (Fsp3) is 0.0968. The van der Waals surface area contributed by atoms with Gasteiger partial charge in [0.25, 0.3) is 0 Å². The van der Waals surface area contributed by atoms with Crippen LogP contribution < -0.4 is 0 Å². The lowest BCUT2D eigenvalue weighted by Gasteiger charge is -2.37. The van der Waals surface area contributed by atoms with E-state index < -0.39 is 10.0 Å². The summed E-state index contributed by atoms with van der Waals surface area (Å²) in [7, 11) is -1.72. The van der Waals surface area contributed by atoms with Gasteiger partial charge in [-0.2, -0.15) is 0 Å². The van der Waals surface area contributed by atoms with E-state index in [1.54, 1.807) is 0 Å². The molecule has 2 nitrogen and oxygen atoms in total. The second kappa shape index (κ2) is 7.27.